The van der Waals surface area contributed by atoms with E-state index in [-0.39, 0.29) is 6.10 Å². The van der Waals surface area contributed by atoms with Crippen molar-refractivity contribution in [1.29, 1.82) is 0 Å². The van der Waals surface area contributed by atoms with Crippen molar-refractivity contribution >= 4 is 0 Å². The van der Waals surface area contributed by atoms with Gasteiger partial charge in [0.1, 0.15) is 0 Å². The second-order valence-corrected chi connectivity index (χ2v) is 8.54. The molecule has 25 heavy (non-hydrogen) atoms. The Morgan fingerprint density at radius 3 is 2.52 bits per heavy atom. The van der Waals surface area contributed by atoms with Crippen LogP contribution in [0.5, 0.6) is 0 Å². The van der Waals surface area contributed by atoms with Gasteiger partial charge in [0.2, 0.25) is 0 Å². The van der Waals surface area contributed by atoms with Crippen molar-refractivity contribution in [3.8, 4) is 0 Å². The standard InChI is InChI=1S/C23H38O2/c1-17(2)8-7-9-18(3)11-12-21-22-15-19(10-5-4-6-13-24)14-20(22)16-23(21)25/h8-9,11-12,19-25H,4-7,10,13-16H2,1-3H3/b12-11+,18-9+/t19?,20?,21-,22?,23-/m1/s1. The lowest BCUT2D eigenvalue weighted by atomic mass is 9.89. The molecule has 2 heteroatoms. The number of aliphatic hydroxyl groups excluding tert-OH is 2. The van der Waals surface area contributed by atoms with Gasteiger partial charge >= 0.3 is 0 Å². The van der Waals surface area contributed by atoms with Crippen molar-refractivity contribution in [2.24, 2.45) is 23.7 Å². The van der Waals surface area contributed by atoms with Crippen LogP contribution in [0, 0.1) is 23.7 Å². The Bertz CT molecular complexity index is 484. The van der Waals surface area contributed by atoms with Crippen LogP contribution in [-0.4, -0.2) is 22.9 Å². The zero-order valence-corrected chi connectivity index (χ0v) is 16.5. The molecule has 0 spiro atoms. The quantitative estimate of drug-likeness (QED) is 0.332. The highest BCUT2D eigenvalue weighted by molar-refractivity contribution is 5.20. The molecule has 0 amide bonds. The predicted molar refractivity (Wildman–Crippen MR) is 106 cm³/mol. The summed E-state index contributed by atoms with van der Waals surface area (Å²) in [6.07, 6.45) is 18.1. The molecule has 0 aromatic heterocycles. The number of allylic oxidation sites excluding steroid dienone is 5. The second kappa shape index (κ2) is 10.3. The molecule has 0 aromatic rings. The van der Waals surface area contributed by atoms with Crippen LogP contribution < -0.4 is 0 Å². The van der Waals surface area contributed by atoms with E-state index >= 15 is 0 Å². The largest absolute Gasteiger partial charge is 0.396 e. The third-order valence-corrected chi connectivity index (χ3v) is 6.15. The molecule has 3 unspecified atom stereocenters. The summed E-state index contributed by atoms with van der Waals surface area (Å²) in [5.41, 5.74) is 2.66. The average molecular weight is 347 g/mol. The maximum absolute atomic E-state index is 10.5. The van der Waals surface area contributed by atoms with Crippen molar-refractivity contribution in [3.05, 3.63) is 35.5 Å². The molecule has 0 aromatic carbocycles. The lowest BCUT2D eigenvalue weighted by Crippen LogP contribution is -2.17. The molecule has 2 saturated carbocycles. The van der Waals surface area contributed by atoms with Crippen LogP contribution in [0.3, 0.4) is 0 Å². The van der Waals surface area contributed by atoms with E-state index in [9.17, 15) is 5.11 Å². The van der Waals surface area contributed by atoms with Gasteiger partial charge in [-0.05, 0) is 70.6 Å². The monoisotopic (exact) mass is 346 g/mol. The predicted octanol–water partition coefficient (Wildman–Crippen LogP) is 5.42. The first-order valence-electron chi connectivity index (χ1n) is 10.3. The third kappa shape index (κ3) is 6.42. The van der Waals surface area contributed by atoms with Crippen molar-refractivity contribution < 1.29 is 10.2 Å². The molecule has 0 bridgehead atoms. The summed E-state index contributed by atoms with van der Waals surface area (Å²) >= 11 is 0. The molecule has 0 saturated heterocycles. The number of rotatable bonds is 9. The molecule has 0 aliphatic heterocycles. The van der Waals surface area contributed by atoms with Crippen LogP contribution in [0.1, 0.15) is 72.1 Å². The van der Waals surface area contributed by atoms with Gasteiger partial charge in [-0.2, -0.15) is 0 Å². The average Bonchev–Trinajstić information content (AvgIpc) is 3.06. The van der Waals surface area contributed by atoms with Gasteiger partial charge in [0, 0.05) is 12.5 Å². The Hall–Kier alpha value is -0.860. The Kier molecular flexibility index (Phi) is 8.45. The molecular formula is C23H38O2. The van der Waals surface area contributed by atoms with Crippen molar-refractivity contribution in [2.75, 3.05) is 6.61 Å². The molecule has 0 heterocycles. The molecule has 5 atom stereocenters. The van der Waals surface area contributed by atoms with Gasteiger partial charge in [0.05, 0.1) is 6.10 Å². The SMILES string of the molecule is CC(C)=CC/C=C(C)/C=C/[C@@H]1C2CC(CCCCCO)CC2C[C@H]1O. The summed E-state index contributed by atoms with van der Waals surface area (Å²) in [6, 6.07) is 0. The fraction of sp³-hybridized carbons (Fsp3) is 0.739. The number of fused-ring (bicyclic) bond motifs is 1. The second-order valence-electron chi connectivity index (χ2n) is 8.54. The maximum Gasteiger partial charge on any atom is 0.0608 e. The highest BCUT2D eigenvalue weighted by Crippen LogP contribution is 2.51. The Morgan fingerprint density at radius 2 is 1.80 bits per heavy atom. The lowest BCUT2D eigenvalue weighted by Gasteiger charge is -2.19. The molecule has 2 aliphatic rings. The molecule has 2 N–H and O–H groups in total. The van der Waals surface area contributed by atoms with Gasteiger partial charge in [-0.25, -0.2) is 0 Å². The van der Waals surface area contributed by atoms with Gasteiger partial charge < -0.3 is 10.2 Å². The first-order chi connectivity index (χ1) is 12.0. The first-order valence-corrected chi connectivity index (χ1v) is 10.3. The Balaban J connectivity index is 1.84. The summed E-state index contributed by atoms with van der Waals surface area (Å²) < 4.78 is 0. The minimum atomic E-state index is -0.146. The fourth-order valence-corrected chi connectivity index (χ4v) is 4.81. The topological polar surface area (TPSA) is 40.5 Å². The Morgan fingerprint density at radius 1 is 1.00 bits per heavy atom. The molecule has 2 nitrogen and oxygen atoms in total. The van der Waals surface area contributed by atoms with Gasteiger partial charge in [-0.1, -0.05) is 54.7 Å². The summed E-state index contributed by atoms with van der Waals surface area (Å²) in [5, 5.41) is 19.4. The summed E-state index contributed by atoms with van der Waals surface area (Å²) in [4.78, 5) is 0. The van der Waals surface area contributed by atoms with E-state index in [0.29, 0.717) is 18.4 Å². The molecule has 2 fully saturated rings. The fourth-order valence-electron chi connectivity index (χ4n) is 4.81. The van der Waals surface area contributed by atoms with E-state index in [1.165, 1.54) is 36.8 Å². The van der Waals surface area contributed by atoms with Crippen LogP contribution in [0.2, 0.25) is 0 Å². The first kappa shape index (κ1) is 20.5. The third-order valence-electron chi connectivity index (χ3n) is 6.15. The van der Waals surface area contributed by atoms with E-state index in [1.54, 1.807) is 0 Å². The molecule has 142 valence electrons. The highest BCUT2D eigenvalue weighted by Gasteiger charge is 2.46. The lowest BCUT2D eigenvalue weighted by molar-refractivity contribution is 0.134. The van der Waals surface area contributed by atoms with Gasteiger partial charge in [-0.3, -0.25) is 0 Å². The number of aliphatic hydroxyl groups is 2. The number of unbranched alkanes of at least 4 members (excludes halogenated alkanes) is 2. The summed E-state index contributed by atoms with van der Waals surface area (Å²) in [5.74, 6) is 2.59. The van der Waals surface area contributed by atoms with E-state index in [2.05, 4.69) is 45.1 Å². The highest BCUT2D eigenvalue weighted by atomic mass is 16.3. The van der Waals surface area contributed by atoms with E-state index in [0.717, 1.165) is 37.5 Å². The molecule has 2 rings (SSSR count). The summed E-state index contributed by atoms with van der Waals surface area (Å²) in [7, 11) is 0. The Labute approximate surface area is 154 Å². The van der Waals surface area contributed by atoms with E-state index in [4.69, 9.17) is 5.11 Å². The van der Waals surface area contributed by atoms with Crippen LogP contribution in [0.15, 0.2) is 35.5 Å². The minimum Gasteiger partial charge on any atom is -0.396 e. The maximum atomic E-state index is 10.5. The zero-order valence-electron chi connectivity index (χ0n) is 16.5. The van der Waals surface area contributed by atoms with E-state index in [1.807, 2.05) is 0 Å². The van der Waals surface area contributed by atoms with Crippen LogP contribution >= 0.6 is 0 Å². The van der Waals surface area contributed by atoms with E-state index < -0.39 is 0 Å². The van der Waals surface area contributed by atoms with Crippen LogP contribution in [0.4, 0.5) is 0 Å². The van der Waals surface area contributed by atoms with Crippen molar-refractivity contribution in [1.82, 2.24) is 0 Å². The molecule has 0 radical (unpaired) electrons. The normalized spacial score (nSPS) is 32.4. The van der Waals surface area contributed by atoms with Gasteiger partial charge in [-0.15, -0.1) is 0 Å². The molecular weight excluding hydrogens is 308 g/mol. The summed E-state index contributed by atoms with van der Waals surface area (Å²) in [6.45, 7) is 6.75. The zero-order chi connectivity index (χ0) is 18.2. The smallest absolute Gasteiger partial charge is 0.0608 e. The minimum absolute atomic E-state index is 0.146. The van der Waals surface area contributed by atoms with Crippen LogP contribution in [0.25, 0.3) is 0 Å². The van der Waals surface area contributed by atoms with Crippen LogP contribution in [-0.2, 0) is 0 Å². The number of hydrogen-bond acceptors (Lipinski definition) is 2. The van der Waals surface area contributed by atoms with Crippen molar-refractivity contribution in [2.45, 2.75) is 78.2 Å². The molecule has 2 aliphatic carbocycles. The van der Waals surface area contributed by atoms with Gasteiger partial charge in [0.25, 0.3) is 0 Å². The van der Waals surface area contributed by atoms with Crippen molar-refractivity contribution in [3.63, 3.8) is 0 Å². The van der Waals surface area contributed by atoms with Gasteiger partial charge in [0.15, 0.2) is 0 Å². The number of hydrogen-bond donors (Lipinski definition) is 2.